The summed E-state index contributed by atoms with van der Waals surface area (Å²) >= 11 is 7.25. The molecule has 0 unspecified atom stereocenters. The highest BCUT2D eigenvalue weighted by molar-refractivity contribution is 8.00. The van der Waals surface area contributed by atoms with Crippen LogP contribution in [0.4, 0.5) is 0 Å². The molecular weight excluding hydrogens is 360 g/mol. The molecule has 0 saturated carbocycles. The van der Waals surface area contributed by atoms with Crippen LogP contribution in [0.2, 0.25) is 5.02 Å². The molecule has 0 aliphatic carbocycles. The first-order chi connectivity index (χ1) is 12.1. The molecule has 0 bridgehead atoms. The normalized spacial score (nSPS) is 10.6. The lowest BCUT2D eigenvalue weighted by molar-refractivity contribution is -0.118. The van der Waals surface area contributed by atoms with Crippen LogP contribution in [0.5, 0.6) is 0 Å². The van der Waals surface area contributed by atoms with Crippen molar-refractivity contribution >= 4 is 29.3 Å². The summed E-state index contributed by atoms with van der Waals surface area (Å²) in [6.07, 6.45) is 1.67. The number of rotatable bonds is 6. The molecule has 2 aromatic heterocycles. The Balaban J connectivity index is 1.59. The maximum absolute atomic E-state index is 12.1. The number of pyridine rings is 1. The van der Waals surface area contributed by atoms with E-state index in [0.29, 0.717) is 28.3 Å². The number of carbonyl (C=O) groups excluding carboxylic acids is 1. The molecule has 1 amide bonds. The standard InChI is InChI=1S/C17H15ClN4O2S/c1-11-21-16(24-22-11)14-6-3-7-19-17(14)25-10-15(23)20-9-12-4-2-5-13(18)8-12/h2-8H,9-10H2,1H3,(H,20,23). The lowest BCUT2D eigenvalue weighted by Gasteiger charge is -2.07. The predicted molar refractivity (Wildman–Crippen MR) is 96.3 cm³/mol. The van der Waals surface area contributed by atoms with Gasteiger partial charge in [0.05, 0.1) is 11.3 Å². The first-order valence-corrected chi connectivity index (χ1v) is 8.88. The number of hydrogen-bond acceptors (Lipinski definition) is 6. The zero-order chi connectivity index (χ0) is 17.6. The second-order valence-electron chi connectivity index (χ2n) is 5.20. The summed E-state index contributed by atoms with van der Waals surface area (Å²) < 4.78 is 5.19. The molecule has 8 heteroatoms. The Morgan fingerprint density at radius 1 is 1.32 bits per heavy atom. The molecule has 1 N–H and O–H groups in total. The molecule has 0 fully saturated rings. The number of amides is 1. The van der Waals surface area contributed by atoms with E-state index in [2.05, 4.69) is 20.4 Å². The van der Waals surface area contributed by atoms with Gasteiger partial charge in [-0.1, -0.05) is 40.7 Å². The van der Waals surface area contributed by atoms with Crippen molar-refractivity contribution in [1.82, 2.24) is 20.4 Å². The minimum atomic E-state index is -0.0942. The van der Waals surface area contributed by atoms with Gasteiger partial charge >= 0.3 is 0 Å². The molecule has 1 aromatic carbocycles. The highest BCUT2D eigenvalue weighted by Crippen LogP contribution is 2.28. The van der Waals surface area contributed by atoms with Gasteiger partial charge in [-0.3, -0.25) is 4.79 Å². The van der Waals surface area contributed by atoms with Crippen LogP contribution in [0, 0.1) is 6.92 Å². The number of aryl methyl sites for hydroxylation is 1. The molecule has 0 aliphatic rings. The molecule has 25 heavy (non-hydrogen) atoms. The summed E-state index contributed by atoms with van der Waals surface area (Å²) in [5.74, 6) is 1.09. The van der Waals surface area contributed by atoms with Crippen LogP contribution in [0.1, 0.15) is 11.4 Å². The zero-order valence-corrected chi connectivity index (χ0v) is 15.0. The fraction of sp³-hybridized carbons (Fsp3) is 0.176. The maximum atomic E-state index is 12.1. The lowest BCUT2D eigenvalue weighted by Crippen LogP contribution is -2.24. The number of benzene rings is 1. The van der Waals surface area contributed by atoms with Crippen molar-refractivity contribution in [3.63, 3.8) is 0 Å². The Morgan fingerprint density at radius 3 is 2.96 bits per heavy atom. The molecule has 0 aliphatic heterocycles. The van der Waals surface area contributed by atoms with Crippen molar-refractivity contribution in [2.45, 2.75) is 18.5 Å². The number of carbonyl (C=O) groups is 1. The van der Waals surface area contributed by atoms with Crippen molar-refractivity contribution < 1.29 is 9.32 Å². The number of hydrogen-bond donors (Lipinski definition) is 1. The van der Waals surface area contributed by atoms with Gasteiger partial charge in [-0.25, -0.2) is 4.98 Å². The van der Waals surface area contributed by atoms with Crippen LogP contribution in [-0.4, -0.2) is 26.8 Å². The van der Waals surface area contributed by atoms with Gasteiger partial charge in [-0.2, -0.15) is 4.98 Å². The van der Waals surface area contributed by atoms with E-state index in [1.165, 1.54) is 11.8 Å². The van der Waals surface area contributed by atoms with Gasteiger partial charge in [-0.05, 0) is 36.8 Å². The molecule has 0 atom stereocenters. The van der Waals surface area contributed by atoms with E-state index in [9.17, 15) is 4.79 Å². The van der Waals surface area contributed by atoms with Crippen LogP contribution < -0.4 is 5.32 Å². The summed E-state index contributed by atoms with van der Waals surface area (Å²) in [6, 6.07) is 11.0. The summed E-state index contributed by atoms with van der Waals surface area (Å²) in [5, 5.41) is 7.97. The largest absolute Gasteiger partial charge is 0.351 e. The fourth-order valence-corrected chi connectivity index (χ4v) is 3.14. The minimum absolute atomic E-state index is 0.0942. The lowest BCUT2D eigenvalue weighted by atomic mass is 10.2. The average Bonchev–Trinajstić information content (AvgIpc) is 3.05. The van der Waals surface area contributed by atoms with Crippen LogP contribution in [-0.2, 0) is 11.3 Å². The molecule has 2 heterocycles. The Morgan fingerprint density at radius 2 is 2.20 bits per heavy atom. The second-order valence-corrected chi connectivity index (χ2v) is 6.60. The van der Waals surface area contributed by atoms with Gasteiger partial charge in [0.1, 0.15) is 5.03 Å². The number of nitrogens with zero attached hydrogens (tertiary/aromatic N) is 3. The quantitative estimate of drug-likeness (QED) is 0.665. The molecule has 0 spiro atoms. The first-order valence-electron chi connectivity index (χ1n) is 7.51. The van der Waals surface area contributed by atoms with E-state index >= 15 is 0 Å². The van der Waals surface area contributed by atoms with E-state index < -0.39 is 0 Å². The van der Waals surface area contributed by atoms with Crippen LogP contribution in [0.25, 0.3) is 11.5 Å². The Bertz CT molecular complexity index is 884. The molecule has 128 valence electrons. The van der Waals surface area contributed by atoms with Gasteiger partial charge in [0.15, 0.2) is 5.82 Å². The van der Waals surface area contributed by atoms with E-state index in [-0.39, 0.29) is 11.7 Å². The molecule has 3 aromatic rings. The SMILES string of the molecule is Cc1noc(-c2cccnc2SCC(=O)NCc2cccc(Cl)c2)n1. The number of nitrogens with one attached hydrogen (secondary N) is 1. The molecule has 6 nitrogen and oxygen atoms in total. The highest BCUT2D eigenvalue weighted by atomic mass is 35.5. The van der Waals surface area contributed by atoms with Crippen LogP contribution in [0.3, 0.4) is 0 Å². The molecular formula is C17H15ClN4O2S. The smallest absolute Gasteiger partial charge is 0.260 e. The topological polar surface area (TPSA) is 80.9 Å². The maximum Gasteiger partial charge on any atom is 0.260 e. The first kappa shape index (κ1) is 17.4. The third kappa shape index (κ3) is 4.80. The minimum Gasteiger partial charge on any atom is -0.351 e. The van der Waals surface area contributed by atoms with Gasteiger partial charge in [0, 0.05) is 17.8 Å². The van der Waals surface area contributed by atoms with Gasteiger partial charge in [-0.15, -0.1) is 0 Å². The summed E-state index contributed by atoms with van der Waals surface area (Å²) in [4.78, 5) is 20.6. The Labute approximate surface area is 154 Å². The highest BCUT2D eigenvalue weighted by Gasteiger charge is 2.14. The number of aromatic nitrogens is 3. The van der Waals surface area contributed by atoms with Crippen LogP contribution in [0.15, 0.2) is 52.1 Å². The Kier molecular flexibility index (Phi) is 5.67. The number of halogens is 1. The number of thioether (sulfide) groups is 1. The van der Waals surface area contributed by atoms with Crippen molar-refractivity contribution in [3.05, 3.63) is 59.0 Å². The third-order valence-corrected chi connectivity index (χ3v) is 4.49. The van der Waals surface area contributed by atoms with Crippen molar-refractivity contribution in [3.8, 4) is 11.5 Å². The van der Waals surface area contributed by atoms with E-state index in [1.54, 1.807) is 25.3 Å². The summed E-state index contributed by atoms with van der Waals surface area (Å²) in [7, 11) is 0. The van der Waals surface area contributed by atoms with Gasteiger partial charge < -0.3 is 9.84 Å². The van der Waals surface area contributed by atoms with Crippen molar-refractivity contribution in [2.24, 2.45) is 0 Å². The summed E-state index contributed by atoms with van der Waals surface area (Å²) in [6.45, 7) is 2.18. The van der Waals surface area contributed by atoms with Gasteiger partial charge in [0.25, 0.3) is 5.89 Å². The fourth-order valence-electron chi connectivity index (χ4n) is 2.11. The third-order valence-electron chi connectivity index (χ3n) is 3.25. The predicted octanol–water partition coefficient (Wildman–Crippen LogP) is 3.50. The zero-order valence-electron chi connectivity index (χ0n) is 13.4. The van der Waals surface area contributed by atoms with Crippen molar-refractivity contribution in [1.29, 1.82) is 0 Å². The van der Waals surface area contributed by atoms with E-state index in [4.69, 9.17) is 16.1 Å². The molecule has 0 saturated heterocycles. The molecule has 0 radical (unpaired) electrons. The molecule has 3 rings (SSSR count). The van der Waals surface area contributed by atoms with E-state index in [1.807, 2.05) is 24.3 Å². The monoisotopic (exact) mass is 374 g/mol. The Hall–Kier alpha value is -2.38. The van der Waals surface area contributed by atoms with Crippen molar-refractivity contribution in [2.75, 3.05) is 5.75 Å². The average molecular weight is 375 g/mol. The second kappa shape index (κ2) is 8.13. The van der Waals surface area contributed by atoms with Crippen LogP contribution >= 0.6 is 23.4 Å². The van der Waals surface area contributed by atoms with E-state index in [0.717, 1.165) is 11.1 Å². The van der Waals surface area contributed by atoms with Gasteiger partial charge in [0.2, 0.25) is 5.91 Å². The summed E-state index contributed by atoms with van der Waals surface area (Å²) in [5.41, 5.74) is 1.67.